The third kappa shape index (κ3) is 3.53. The molecule has 0 aromatic heterocycles. The number of likely N-dealkylation sites (N-methyl/N-ethyl adjacent to an activating group) is 1. The van der Waals surface area contributed by atoms with Crippen molar-refractivity contribution in [3.05, 3.63) is 35.4 Å². The van der Waals surface area contributed by atoms with Gasteiger partial charge in [-0.1, -0.05) is 6.92 Å². The molecule has 1 fully saturated rings. The normalized spacial score (nSPS) is 22.9. The lowest BCUT2D eigenvalue weighted by atomic mass is 10.1. The van der Waals surface area contributed by atoms with Gasteiger partial charge in [0.1, 0.15) is 11.6 Å². The largest absolute Gasteiger partial charge is 0.323 e. The minimum Gasteiger partial charge on any atom is -0.323 e. The maximum Gasteiger partial charge on any atom is 0.128 e. The lowest BCUT2D eigenvalue weighted by Gasteiger charge is -2.40. The third-order valence-corrected chi connectivity index (χ3v) is 4.07. The fraction of sp³-hybridized carbons (Fsp3) is 0.600. The molecule has 0 saturated carbocycles. The smallest absolute Gasteiger partial charge is 0.128 e. The number of benzene rings is 1. The van der Waals surface area contributed by atoms with Gasteiger partial charge in [-0.2, -0.15) is 0 Å². The predicted molar refractivity (Wildman–Crippen MR) is 76.4 cm³/mol. The van der Waals surface area contributed by atoms with Crippen molar-refractivity contribution in [1.29, 1.82) is 0 Å². The van der Waals surface area contributed by atoms with Crippen molar-refractivity contribution in [2.24, 2.45) is 5.73 Å². The average Bonchev–Trinajstić information content (AvgIpc) is 2.41. The highest BCUT2D eigenvalue weighted by molar-refractivity contribution is 5.22. The Kier molecular flexibility index (Phi) is 5.07. The number of nitrogens with zero attached hydrogens (tertiary/aromatic N) is 2. The second kappa shape index (κ2) is 6.61. The van der Waals surface area contributed by atoms with Crippen LogP contribution in [0.1, 0.15) is 25.5 Å². The quantitative estimate of drug-likeness (QED) is 0.917. The number of nitrogens with two attached hydrogens (primary N) is 1. The number of halogens is 2. The van der Waals surface area contributed by atoms with Gasteiger partial charge in [0.25, 0.3) is 0 Å². The van der Waals surface area contributed by atoms with E-state index >= 15 is 0 Å². The third-order valence-electron chi connectivity index (χ3n) is 4.07. The topological polar surface area (TPSA) is 32.5 Å². The van der Waals surface area contributed by atoms with Gasteiger partial charge >= 0.3 is 0 Å². The van der Waals surface area contributed by atoms with Crippen molar-refractivity contribution in [2.45, 2.75) is 25.9 Å². The molecule has 2 N–H and O–H groups in total. The molecule has 0 radical (unpaired) electrons. The van der Waals surface area contributed by atoms with Gasteiger partial charge in [-0.3, -0.25) is 9.80 Å². The van der Waals surface area contributed by atoms with Crippen LogP contribution in [0.5, 0.6) is 0 Å². The van der Waals surface area contributed by atoms with Crippen LogP contribution in [-0.4, -0.2) is 48.6 Å². The summed E-state index contributed by atoms with van der Waals surface area (Å²) >= 11 is 0. The summed E-state index contributed by atoms with van der Waals surface area (Å²) in [4.78, 5) is 4.64. The van der Waals surface area contributed by atoms with Crippen molar-refractivity contribution in [1.82, 2.24) is 9.80 Å². The van der Waals surface area contributed by atoms with E-state index in [4.69, 9.17) is 5.73 Å². The van der Waals surface area contributed by atoms with E-state index in [9.17, 15) is 8.78 Å². The Labute approximate surface area is 119 Å². The van der Waals surface area contributed by atoms with Gasteiger partial charge in [0.2, 0.25) is 0 Å². The van der Waals surface area contributed by atoms with Gasteiger partial charge in [-0.25, -0.2) is 8.78 Å². The molecule has 0 amide bonds. The highest BCUT2D eigenvalue weighted by Crippen LogP contribution is 2.19. The molecule has 1 aliphatic rings. The van der Waals surface area contributed by atoms with Gasteiger partial charge < -0.3 is 5.73 Å². The first-order valence-corrected chi connectivity index (χ1v) is 7.18. The molecule has 1 saturated heterocycles. The molecule has 1 aromatic carbocycles. The first kappa shape index (κ1) is 15.4. The van der Waals surface area contributed by atoms with Crippen molar-refractivity contribution < 1.29 is 8.78 Å². The van der Waals surface area contributed by atoms with Crippen LogP contribution in [0.3, 0.4) is 0 Å². The van der Waals surface area contributed by atoms with Crippen molar-refractivity contribution in [3.8, 4) is 0 Å². The molecule has 2 unspecified atom stereocenters. The monoisotopic (exact) mass is 283 g/mol. The van der Waals surface area contributed by atoms with E-state index in [0.717, 1.165) is 38.3 Å². The van der Waals surface area contributed by atoms with Crippen LogP contribution in [0.15, 0.2) is 18.2 Å². The number of piperazine rings is 1. The highest BCUT2D eigenvalue weighted by Gasteiger charge is 2.24. The predicted octanol–water partition coefficient (Wildman–Crippen LogP) is 1.99. The fourth-order valence-corrected chi connectivity index (χ4v) is 2.88. The summed E-state index contributed by atoms with van der Waals surface area (Å²) in [5.74, 6) is -0.875. The Balaban J connectivity index is 1.98. The van der Waals surface area contributed by atoms with E-state index in [0.29, 0.717) is 12.6 Å². The molecule has 3 nitrogen and oxygen atoms in total. The molecule has 1 aromatic rings. The lowest BCUT2D eigenvalue weighted by molar-refractivity contribution is 0.0839. The highest BCUT2D eigenvalue weighted by atomic mass is 19.1. The minimum absolute atomic E-state index is 0.260. The van der Waals surface area contributed by atoms with Gasteiger partial charge in [-0.15, -0.1) is 0 Å². The standard InChI is InChI=1S/C15H23F2N3/c1-3-20-7-6-19(9-11(20)2)10-15(18)13-8-12(16)4-5-14(13)17/h4-5,8,11,15H,3,6-7,9-10,18H2,1-2H3. The van der Waals surface area contributed by atoms with E-state index in [1.165, 1.54) is 6.07 Å². The molecule has 2 rings (SSSR count). The molecule has 0 spiro atoms. The maximum atomic E-state index is 13.7. The number of hydrogen-bond acceptors (Lipinski definition) is 3. The van der Waals surface area contributed by atoms with Gasteiger partial charge in [-0.05, 0) is 31.7 Å². The zero-order chi connectivity index (χ0) is 14.7. The number of hydrogen-bond donors (Lipinski definition) is 1. The Morgan fingerprint density at radius 3 is 2.75 bits per heavy atom. The molecule has 1 heterocycles. The van der Waals surface area contributed by atoms with Crippen LogP contribution in [0.2, 0.25) is 0 Å². The van der Waals surface area contributed by atoms with Crippen LogP contribution in [-0.2, 0) is 0 Å². The van der Waals surface area contributed by atoms with E-state index in [2.05, 4.69) is 23.6 Å². The van der Waals surface area contributed by atoms with Gasteiger partial charge in [0.05, 0.1) is 0 Å². The van der Waals surface area contributed by atoms with Crippen LogP contribution < -0.4 is 5.73 Å². The fourth-order valence-electron chi connectivity index (χ4n) is 2.88. The Morgan fingerprint density at radius 2 is 2.10 bits per heavy atom. The molecular weight excluding hydrogens is 260 g/mol. The molecule has 1 aliphatic heterocycles. The molecule has 5 heteroatoms. The Hall–Kier alpha value is -1.04. The maximum absolute atomic E-state index is 13.7. The minimum atomic E-state index is -0.494. The van der Waals surface area contributed by atoms with Crippen LogP contribution in [0, 0.1) is 11.6 Å². The van der Waals surface area contributed by atoms with Crippen LogP contribution in [0.4, 0.5) is 8.78 Å². The van der Waals surface area contributed by atoms with Crippen molar-refractivity contribution >= 4 is 0 Å². The average molecular weight is 283 g/mol. The summed E-state index contributed by atoms with van der Waals surface area (Å²) in [6.07, 6.45) is 0. The van der Waals surface area contributed by atoms with Crippen molar-refractivity contribution in [2.75, 3.05) is 32.7 Å². The molecule has 2 atom stereocenters. The second-order valence-electron chi connectivity index (χ2n) is 5.51. The first-order chi connectivity index (χ1) is 9.51. The van der Waals surface area contributed by atoms with Gasteiger partial charge in [0.15, 0.2) is 0 Å². The molecule has 0 bridgehead atoms. The Morgan fingerprint density at radius 1 is 1.35 bits per heavy atom. The zero-order valence-electron chi connectivity index (χ0n) is 12.1. The second-order valence-corrected chi connectivity index (χ2v) is 5.51. The van der Waals surface area contributed by atoms with E-state index < -0.39 is 17.7 Å². The number of rotatable bonds is 4. The molecular formula is C15H23F2N3. The molecule has 20 heavy (non-hydrogen) atoms. The summed E-state index contributed by atoms with van der Waals surface area (Å²) in [6, 6.07) is 3.44. The summed E-state index contributed by atoms with van der Waals surface area (Å²) < 4.78 is 26.9. The first-order valence-electron chi connectivity index (χ1n) is 7.18. The summed E-state index contributed by atoms with van der Waals surface area (Å²) in [5, 5.41) is 0. The Bertz CT molecular complexity index is 453. The molecule has 0 aliphatic carbocycles. The van der Waals surface area contributed by atoms with E-state index in [1.807, 2.05) is 0 Å². The van der Waals surface area contributed by atoms with Crippen LogP contribution >= 0.6 is 0 Å². The SMILES string of the molecule is CCN1CCN(CC(N)c2cc(F)ccc2F)CC1C. The summed E-state index contributed by atoms with van der Waals surface area (Å²) in [6.45, 7) is 8.77. The van der Waals surface area contributed by atoms with E-state index in [1.54, 1.807) is 0 Å². The molecule has 112 valence electrons. The van der Waals surface area contributed by atoms with Gasteiger partial charge in [0, 0.05) is 43.8 Å². The zero-order valence-corrected chi connectivity index (χ0v) is 12.1. The summed E-state index contributed by atoms with van der Waals surface area (Å²) in [7, 11) is 0. The lowest BCUT2D eigenvalue weighted by Crippen LogP contribution is -2.52. The van der Waals surface area contributed by atoms with Crippen LogP contribution in [0.25, 0.3) is 0 Å². The van der Waals surface area contributed by atoms with Crippen molar-refractivity contribution in [3.63, 3.8) is 0 Å². The summed E-state index contributed by atoms with van der Waals surface area (Å²) in [5.41, 5.74) is 6.31. The van der Waals surface area contributed by atoms with E-state index in [-0.39, 0.29) is 5.56 Å².